The Kier molecular flexibility index (Phi) is 7.78. The van der Waals surface area contributed by atoms with Gasteiger partial charge >= 0.3 is 0 Å². The largest absolute Gasteiger partial charge is 0.336 e. The fourth-order valence-corrected chi connectivity index (χ4v) is 6.05. The van der Waals surface area contributed by atoms with Crippen LogP contribution in [-0.2, 0) is 0 Å². The number of carbonyl (C=O) groups excluding carboxylic acids is 1. The van der Waals surface area contributed by atoms with Gasteiger partial charge in [-0.05, 0) is 60.9 Å². The van der Waals surface area contributed by atoms with Crippen molar-refractivity contribution >= 4 is 17.5 Å². The normalized spacial score (nSPS) is 14.0. The van der Waals surface area contributed by atoms with E-state index < -0.39 is 0 Å². The first kappa shape index (κ1) is 27.1. The second-order valence-electron chi connectivity index (χ2n) is 10.8. The predicted molar refractivity (Wildman–Crippen MR) is 168 cm³/mol. The Bertz CT molecular complexity index is 1580. The standard InChI is InChI=1S/C36H34ClN3O/c1-26-13-19-32(20-14-26)40-27(2)33(25-34(40)28-15-17-31(37)18-16-28)36(41)39-23-21-38(22-24-39)35(29-9-5-3-6-10-29)30-11-7-4-8-12-30/h3-20,25,35H,21-24H2,1-2H3. The summed E-state index contributed by atoms with van der Waals surface area (Å²) in [7, 11) is 0. The molecular weight excluding hydrogens is 526 g/mol. The van der Waals surface area contributed by atoms with Crippen molar-refractivity contribution in [2.75, 3.05) is 26.2 Å². The maximum atomic E-state index is 14.0. The van der Waals surface area contributed by atoms with Crippen molar-refractivity contribution in [1.82, 2.24) is 14.4 Å². The molecule has 4 nitrogen and oxygen atoms in total. The van der Waals surface area contributed by atoms with Crippen molar-refractivity contribution in [3.8, 4) is 16.9 Å². The van der Waals surface area contributed by atoms with Gasteiger partial charge in [0, 0.05) is 42.6 Å². The predicted octanol–water partition coefficient (Wildman–Crippen LogP) is 7.96. The SMILES string of the molecule is Cc1ccc(-n2c(-c3ccc(Cl)cc3)cc(C(=O)N3CCN(C(c4ccccc4)c4ccccc4)CC3)c2C)cc1. The number of piperazine rings is 1. The Balaban J connectivity index is 1.28. The molecule has 4 aromatic carbocycles. The van der Waals surface area contributed by atoms with E-state index >= 15 is 0 Å². The summed E-state index contributed by atoms with van der Waals surface area (Å²) in [6.07, 6.45) is 0. The van der Waals surface area contributed by atoms with E-state index in [9.17, 15) is 4.79 Å². The number of hydrogen-bond acceptors (Lipinski definition) is 2. The molecule has 5 aromatic rings. The molecule has 206 valence electrons. The van der Waals surface area contributed by atoms with E-state index in [0.717, 1.165) is 41.3 Å². The maximum absolute atomic E-state index is 14.0. The van der Waals surface area contributed by atoms with Crippen LogP contribution in [0, 0.1) is 13.8 Å². The van der Waals surface area contributed by atoms with E-state index in [4.69, 9.17) is 11.6 Å². The first-order chi connectivity index (χ1) is 20.0. The van der Waals surface area contributed by atoms with Gasteiger partial charge in [-0.2, -0.15) is 0 Å². The van der Waals surface area contributed by atoms with Crippen LogP contribution in [0.2, 0.25) is 5.02 Å². The van der Waals surface area contributed by atoms with E-state index in [1.165, 1.54) is 16.7 Å². The molecule has 2 heterocycles. The van der Waals surface area contributed by atoms with Gasteiger partial charge in [0.2, 0.25) is 0 Å². The van der Waals surface area contributed by atoms with Crippen LogP contribution in [0.1, 0.15) is 38.8 Å². The third-order valence-corrected chi connectivity index (χ3v) is 8.36. The molecule has 0 atom stereocenters. The molecule has 0 bridgehead atoms. The second-order valence-corrected chi connectivity index (χ2v) is 11.2. The highest BCUT2D eigenvalue weighted by Crippen LogP contribution is 2.33. The Hall–Kier alpha value is -4.12. The Labute approximate surface area is 247 Å². The van der Waals surface area contributed by atoms with Gasteiger partial charge in [0.05, 0.1) is 17.3 Å². The summed E-state index contributed by atoms with van der Waals surface area (Å²) in [6, 6.07) is 39.8. The van der Waals surface area contributed by atoms with Gasteiger partial charge in [0.15, 0.2) is 0 Å². The molecular formula is C36H34ClN3O. The van der Waals surface area contributed by atoms with Crippen molar-refractivity contribution in [2.45, 2.75) is 19.9 Å². The van der Waals surface area contributed by atoms with Crippen LogP contribution in [0.15, 0.2) is 115 Å². The lowest BCUT2D eigenvalue weighted by molar-refractivity contribution is 0.0596. The third kappa shape index (κ3) is 5.58. The molecule has 0 radical (unpaired) electrons. The van der Waals surface area contributed by atoms with Crippen LogP contribution in [0.4, 0.5) is 0 Å². The summed E-state index contributed by atoms with van der Waals surface area (Å²) in [5.41, 5.74) is 8.48. The highest BCUT2D eigenvalue weighted by Gasteiger charge is 2.30. The minimum Gasteiger partial charge on any atom is -0.336 e. The Morgan fingerprint density at radius 2 is 1.27 bits per heavy atom. The van der Waals surface area contributed by atoms with Crippen LogP contribution in [0.3, 0.4) is 0 Å². The summed E-state index contributed by atoms with van der Waals surface area (Å²) in [6.45, 7) is 7.11. The molecule has 0 spiro atoms. The van der Waals surface area contributed by atoms with Crippen molar-refractivity contribution in [3.63, 3.8) is 0 Å². The quantitative estimate of drug-likeness (QED) is 0.211. The fourth-order valence-electron chi connectivity index (χ4n) is 5.92. The smallest absolute Gasteiger partial charge is 0.255 e. The summed E-state index contributed by atoms with van der Waals surface area (Å²) >= 11 is 6.20. The minimum atomic E-state index is 0.0826. The number of halogens is 1. The molecule has 0 N–H and O–H groups in total. The molecule has 6 rings (SSSR count). The number of benzene rings is 4. The summed E-state index contributed by atoms with van der Waals surface area (Å²) in [5, 5.41) is 0.692. The first-order valence-electron chi connectivity index (χ1n) is 14.2. The lowest BCUT2D eigenvalue weighted by Gasteiger charge is -2.39. The van der Waals surface area contributed by atoms with Gasteiger partial charge < -0.3 is 9.47 Å². The lowest BCUT2D eigenvalue weighted by atomic mass is 9.96. The maximum Gasteiger partial charge on any atom is 0.255 e. The Morgan fingerprint density at radius 3 is 1.83 bits per heavy atom. The first-order valence-corrected chi connectivity index (χ1v) is 14.6. The molecule has 1 amide bonds. The fraction of sp³-hybridized carbons (Fsp3) is 0.194. The van der Waals surface area contributed by atoms with E-state index in [0.29, 0.717) is 18.1 Å². The number of rotatable bonds is 6. The molecule has 0 unspecified atom stereocenters. The highest BCUT2D eigenvalue weighted by atomic mass is 35.5. The van der Waals surface area contributed by atoms with Gasteiger partial charge in [0.25, 0.3) is 5.91 Å². The number of aryl methyl sites for hydroxylation is 1. The van der Waals surface area contributed by atoms with Gasteiger partial charge in [-0.1, -0.05) is 102 Å². The van der Waals surface area contributed by atoms with Crippen LogP contribution >= 0.6 is 11.6 Å². The average molecular weight is 560 g/mol. The van der Waals surface area contributed by atoms with E-state index in [-0.39, 0.29) is 11.9 Å². The molecule has 0 saturated carbocycles. The summed E-state index contributed by atoms with van der Waals surface area (Å²) < 4.78 is 2.19. The summed E-state index contributed by atoms with van der Waals surface area (Å²) in [5.74, 6) is 0.0826. The van der Waals surface area contributed by atoms with E-state index in [1.807, 2.05) is 42.2 Å². The van der Waals surface area contributed by atoms with Crippen molar-refractivity contribution < 1.29 is 4.79 Å². The van der Waals surface area contributed by atoms with Crippen molar-refractivity contribution in [1.29, 1.82) is 0 Å². The Morgan fingerprint density at radius 1 is 0.707 bits per heavy atom. The number of aromatic nitrogens is 1. The van der Waals surface area contributed by atoms with Crippen molar-refractivity contribution in [3.05, 3.63) is 148 Å². The molecule has 0 aliphatic carbocycles. The van der Waals surface area contributed by atoms with Gasteiger partial charge in [0.1, 0.15) is 0 Å². The van der Waals surface area contributed by atoms with Crippen LogP contribution in [-0.4, -0.2) is 46.5 Å². The van der Waals surface area contributed by atoms with Crippen LogP contribution < -0.4 is 0 Å². The van der Waals surface area contributed by atoms with Gasteiger partial charge in [-0.15, -0.1) is 0 Å². The van der Waals surface area contributed by atoms with Crippen LogP contribution in [0.25, 0.3) is 16.9 Å². The topological polar surface area (TPSA) is 28.5 Å². The highest BCUT2D eigenvalue weighted by molar-refractivity contribution is 6.30. The van der Waals surface area contributed by atoms with Gasteiger partial charge in [-0.3, -0.25) is 9.69 Å². The minimum absolute atomic E-state index is 0.0826. The number of carbonyl (C=O) groups is 1. The molecule has 1 fully saturated rings. The van der Waals surface area contributed by atoms with Crippen molar-refractivity contribution in [2.24, 2.45) is 0 Å². The monoisotopic (exact) mass is 559 g/mol. The molecule has 5 heteroatoms. The lowest BCUT2D eigenvalue weighted by Crippen LogP contribution is -2.50. The molecule has 41 heavy (non-hydrogen) atoms. The molecule has 1 saturated heterocycles. The van der Waals surface area contributed by atoms with E-state index in [1.54, 1.807) is 0 Å². The number of nitrogens with zero attached hydrogens (tertiary/aromatic N) is 3. The van der Waals surface area contributed by atoms with E-state index in [2.05, 4.69) is 101 Å². The molecule has 1 aliphatic heterocycles. The number of amides is 1. The van der Waals surface area contributed by atoms with Gasteiger partial charge in [-0.25, -0.2) is 0 Å². The third-order valence-electron chi connectivity index (χ3n) is 8.11. The zero-order valence-electron chi connectivity index (χ0n) is 23.5. The molecule has 1 aromatic heterocycles. The zero-order chi connectivity index (χ0) is 28.3. The second kappa shape index (κ2) is 11.8. The molecule has 1 aliphatic rings. The number of hydrogen-bond donors (Lipinski definition) is 0. The average Bonchev–Trinajstić information content (AvgIpc) is 3.36. The zero-order valence-corrected chi connectivity index (χ0v) is 24.3. The summed E-state index contributed by atoms with van der Waals surface area (Å²) in [4.78, 5) is 18.6. The van der Waals surface area contributed by atoms with Crippen LogP contribution in [0.5, 0.6) is 0 Å².